The molecule has 0 bridgehead atoms. The van der Waals surface area contributed by atoms with Gasteiger partial charge in [-0.2, -0.15) is 4.98 Å². The van der Waals surface area contributed by atoms with Crippen LogP contribution in [0.3, 0.4) is 0 Å². The Morgan fingerprint density at radius 1 is 1.13 bits per heavy atom. The van der Waals surface area contributed by atoms with Crippen molar-refractivity contribution in [1.29, 1.82) is 0 Å². The molecule has 118 valence electrons. The van der Waals surface area contributed by atoms with Gasteiger partial charge in [0.15, 0.2) is 5.58 Å². The van der Waals surface area contributed by atoms with Crippen LogP contribution in [0.4, 0.5) is 11.8 Å². The van der Waals surface area contributed by atoms with E-state index in [1.54, 1.807) is 6.33 Å². The summed E-state index contributed by atoms with van der Waals surface area (Å²) in [6.45, 7) is 3.72. The number of fused-ring (bicyclic) bond motifs is 1. The number of oxazole rings is 1. The molecule has 3 aromatic rings. The SMILES string of the molecule is c1ccc2oc(NCc3cc(N4CCOCC4)ncn3)nc2c1. The highest BCUT2D eigenvalue weighted by Gasteiger charge is 2.13. The lowest BCUT2D eigenvalue weighted by molar-refractivity contribution is 0.122. The van der Waals surface area contributed by atoms with Crippen molar-refractivity contribution >= 4 is 22.9 Å². The summed E-state index contributed by atoms with van der Waals surface area (Å²) < 4.78 is 11.0. The fourth-order valence-corrected chi connectivity index (χ4v) is 2.56. The summed E-state index contributed by atoms with van der Waals surface area (Å²) in [6, 6.07) is 10.2. The van der Waals surface area contributed by atoms with Gasteiger partial charge in [0, 0.05) is 19.2 Å². The molecule has 0 atom stereocenters. The average molecular weight is 311 g/mol. The topological polar surface area (TPSA) is 76.3 Å². The quantitative estimate of drug-likeness (QED) is 0.790. The van der Waals surface area contributed by atoms with Gasteiger partial charge in [0.25, 0.3) is 6.01 Å². The maximum atomic E-state index is 5.64. The Balaban J connectivity index is 1.46. The third-order valence-electron chi connectivity index (χ3n) is 3.76. The number of para-hydroxylation sites is 2. The fourth-order valence-electron chi connectivity index (χ4n) is 2.56. The molecule has 1 aliphatic heterocycles. The molecule has 0 radical (unpaired) electrons. The average Bonchev–Trinajstić information content (AvgIpc) is 3.04. The number of nitrogens with zero attached hydrogens (tertiary/aromatic N) is 4. The van der Waals surface area contributed by atoms with Gasteiger partial charge in [-0.15, -0.1) is 0 Å². The number of hydrogen-bond acceptors (Lipinski definition) is 7. The zero-order valence-electron chi connectivity index (χ0n) is 12.6. The van der Waals surface area contributed by atoms with Crippen LogP contribution in [0, 0.1) is 0 Å². The predicted molar refractivity (Wildman–Crippen MR) is 86.4 cm³/mol. The molecule has 2 aromatic heterocycles. The molecule has 0 amide bonds. The molecule has 1 saturated heterocycles. The summed E-state index contributed by atoms with van der Waals surface area (Å²) in [5, 5.41) is 3.17. The summed E-state index contributed by atoms with van der Waals surface area (Å²) in [7, 11) is 0. The second-order valence-electron chi connectivity index (χ2n) is 5.31. The van der Waals surface area contributed by atoms with E-state index in [0.29, 0.717) is 12.6 Å². The van der Waals surface area contributed by atoms with E-state index in [9.17, 15) is 0 Å². The standard InChI is InChI=1S/C16H17N5O2/c1-2-4-14-13(3-1)20-16(23-14)17-10-12-9-15(19-11-18-12)21-5-7-22-8-6-21/h1-4,9,11H,5-8,10H2,(H,17,20). The molecule has 1 aromatic carbocycles. The second-order valence-corrected chi connectivity index (χ2v) is 5.31. The Hall–Kier alpha value is -2.67. The Bertz CT molecular complexity index is 765. The number of hydrogen-bond donors (Lipinski definition) is 1. The summed E-state index contributed by atoms with van der Waals surface area (Å²) in [6.07, 6.45) is 1.59. The highest BCUT2D eigenvalue weighted by molar-refractivity contribution is 5.74. The van der Waals surface area contributed by atoms with Crippen LogP contribution in [0.5, 0.6) is 0 Å². The Labute approximate surface area is 133 Å². The molecule has 0 spiro atoms. The van der Waals surface area contributed by atoms with E-state index in [1.807, 2.05) is 30.3 Å². The van der Waals surface area contributed by atoms with Crippen LogP contribution >= 0.6 is 0 Å². The first-order chi connectivity index (χ1) is 11.4. The van der Waals surface area contributed by atoms with Gasteiger partial charge in [-0.1, -0.05) is 12.1 Å². The Kier molecular flexibility index (Phi) is 3.77. The molecule has 7 heteroatoms. The first kappa shape index (κ1) is 14.0. The van der Waals surface area contributed by atoms with Crippen molar-refractivity contribution in [2.24, 2.45) is 0 Å². The molecule has 23 heavy (non-hydrogen) atoms. The van der Waals surface area contributed by atoms with Gasteiger partial charge in [-0.3, -0.25) is 0 Å². The number of morpholine rings is 1. The number of nitrogens with one attached hydrogen (secondary N) is 1. The zero-order chi connectivity index (χ0) is 15.5. The minimum Gasteiger partial charge on any atom is -0.424 e. The van der Waals surface area contributed by atoms with E-state index >= 15 is 0 Å². The second kappa shape index (κ2) is 6.21. The minimum atomic E-state index is 0.498. The van der Waals surface area contributed by atoms with Crippen molar-refractivity contribution in [3.8, 4) is 0 Å². The number of rotatable bonds is 4. The van der Waals surface area contributed by atoms with Gasteiger partial charge in [0.05, 0.1) is 25.5 Å². The zero-order valence-corrected chi connectivity index (χ0v) is 12.6. The molecule has 7 nitrogen and oxygen atoms in total. The molecule has 1 fully saturated rings. The first-order valence-corrected chi connectivity index (χ1v) is 7.61. The van der Waals surface area contributed by atoms with Crippen molar-refractivity contribution < 1.29 is 9.15 Å². The lowest BCUT2D eigenvalue weighted by Gasteiger charge is -2.27. The molecular formula is C16H17N5O2. The Morgan fingerprint density at radius 3 is 2.87 bits per heavy atom. The largest absolute Gasteiger partial charge is 0.424 e. The summed E-state index contributed by atoms with van der Waals surface area (Å²) in [4.78, 5) is 15.2. The first-order valence-electron chi connectivity index (χ1n) is 7.61. The van der Waals surface area contributed by atoms with E-state index in [2.05, 4.69) is 25.2 Å². The van der Waals surface area contributed by atoms with E-state index in [0.717, 1.165) is 48.9 Å². The van der Waals surface area contributed by atoms with Crippen molar-refractivity contribution in [2.45, 2.75) is 6.54 Å². The highest BCUT2D eigenvalue weighted by atomic mass is 16.5. The molecule has 3 heterocycles. The normalized spacial score (nSPS) is 15.0. The van der Waals surface area contributed by atoms with Crippen LogP contribution in [0.25, 0.3) is 11.1 Å². The summed E-state index contributed by atoms with van der Waals surface area (Å²) in [5.74, 6) is 0.928. The third kappa shape index (κ3) is 3.09. The fraction of sp³-hybridized carbons (Fsp3) is 0.312. The molecule has 0 aliphatic carbocycles. The van der Waals surface area contributed by atoms with Crippen LogP contribution in [-0.4, -0.2) is 41.3 Å². The van der Waals surface area contributed by atoms with Crippen molar-refractivity contribution in [1.82, 2.24) is 15.0 Å². The van der Waals surface area contributed by atoms with Crippen molar-refractivity contribution in [3.05, 3.63) is 42.4 Å². The van der Waals surface area contributed by atoms with Crippen LogP contribution in [-0.2, 0) is 11.3 Å². The number of aromatic nitrogens is 3. The summed E-state index contributed by atoms with van der Waals surface area (Å²) >= 11 is 0. The third-order valence-corrected chi connectivity index (χ3v) is 3.76. The van der Waals surface area contributed by atoms with Crippen LogP contribution in [0.2, 0.25) is 0 Å². The monoisotopic (exact) mass is 311 g/mol. The lowest BCUT2D eigenvalue weighted by Crippen LogP contribution is -2.36. The van der Waals surface area contributed by atoms with Gasteiger partial charge in [0.1, 0.15) is 17.7 Å². The molecular weight excluding hydrogens is 294 g/mol. The number of benzene rings is 1. The van der Waals surface area contributed by atoms with E-state index < -0.39 is 0 Å². The Morgan fingerprint density at radius 2 is 2.00 bits per heavy atom. The molecule has 4 rings (SSSR count). The number of ether oxygens (including phenoxy) is 1. The molecule has 0 unspecified atom stereocenters. The number of anilines is 2. The van der Waals surface area contributed by atoms with Gasteiger partial charge in [-0.05, 0) is 12.1 Å². The smallest absolute Gasteiger partial charge is 0.296 e. The summed E-state index contributed by atoms with van der Waals surface area (Å²) in [5.41, 5.74) is 2.50. The molecule has 0 saturated carbocycles. The maximum absolute atomic E-state index is 5.64. The molecule has 1 N–H and O–H groups in total. The van der Waals surface area contributed by atoms with E-state index in [-0.39, 0.29) is 0 Å². The predicted octanol–water partition coefficient (Wildman–Crippen LogP) is 2.07. The van der Waals surface area contributed by atoms with Crippen LogP contribution < -0.4 is 10.2 Å². The van der Waals surface area contributed by atoms with Crippen LogP contribution in [0.15, 0.2) is 41.1 Å². The van der Waals surface area contributed by atoms with E-state index in [1.165, 1.54) is 0 Å². The van der Waals surface area contributed by atoms with E-state index in [4.69, 9.17) is 9.15 Å². The minimum absolute atomic E-state index is 0.498. The lowest BCUT2D eigenvalue weighted by atomic mass is 10.3. The van der Waals surface area contributed by atoms with Crippen LogP contribution in [0.1, 0.15) is 5.69 Å². The van der Waals surface area contributed by atoms with Crippen molar-refractivity contribution in [3.63, 3.8) is 0 Å². The highest BCUT2D eigenvalue weighted by Crippen LogP contribution is 2.19. The van der Waals surface area contributed by atoms with Gasteiger partial charge in [0.2, 0.25) is 0 Å². The maximum Gasteiger partial charge on any atom is 0.296 e. The van der Waals surface area contributed by atoms with Gasteiger partial charge < -0.3 is 19.4 Å². The molecule has 1 aliphatic rings. The van der Waals surface area contributed by atoms with Gasteiger partial charge in [-0.25, -0.2) is 9.97 Å². The van der Waals surface area contributed by atoms with Gasteiger partial charge >= 0.3 is 0 Å². The van der Waals surface area contributed by atoms with Crippen molar-refractivity contribution in [2.75, 3.05) is 36.5 Å².